The summed E-state index contributed by atoms with van der Waals surface area (Å²) >= 11 is 0. The van der Waals surface area contributed by atoms with Gasteiger partial charge in [-0.15, -0.1) is 0 Å². The second kappa shape index (κ2) is 8.07. The molecule has 1 atom stereocenters. The number of nitrogens with zero attached hydrogens (tertiary/aromatic N) is 2. The minimum absolute atomic E-state index is 0.00500. The van der Waals surface area contributed by atoms with E-state index >= 15 is 0 Å². The molecule has 7 nitrogen and oxygen atoms in total. The van der Waals surface area contributed by atoms with Crippen molar-refractivity contribution in [3.63, 3.8) is 0 Å². The molecule has 0 radical (unpaired) electrons. The Bertz CT molecular complexity index is 628. The zero-order chi connectivity index (χ0) is 16.7. The van der Waals surface area contributed by atoms with Crippen molar-refractivity contribution in [3.05, 3.63) is 42.5 Å². The van der Waals surface area contributed by atoms with Gasteiger partial charge >= 0.3 is 6.03 Å². The maximum atomic E-state index is 11.9. The summed E-state index contributed by atoms with van der Waals surface area (Å²) in [6.45, 7) is 3.02. The zero-order valence-electron chi connectivity index (χ0n) is 13.6. The van der Waals surface area contributed by atoms with Gasteiger partial charge < -0.3 is 24.7 Å². The number of hydrogen-bond acceptors (Lipinski definition) is 4. The topological polar surface area (TPSA) is 77.4 Å². The van der Waals surface area contributed by atoms with Crippen molar-refractivity contribution in [1.29, 1.82) is 0 Å². The lowest BCUT2D eigenvalue weighted by Gasteiger charge is -2.15. The lowest BCUT2D eigenvalue weighted by atomic mass is 10.2. The van der Waals surface area contributed by atoms with Gasteiger partial charge in [0.1, 0.15) is 0 Å². The summed E-state index contributed by atoms with van der Waals surface area (Å²) in [5, 5.41) is 5.71. The minimum Gasteiger partial charge on any atom is -0.493 e. The SMILES string of the molecule is COc1ccc(CNC(=O)N[C@H](C)Cn2ccnc2)cc1OC. The number of nitrogens with one attached hydrogen (secondary N) is 2. The number of methoxy groups -OCH3 is 2. The van der Waals surface area contributed by atoms with Crippen LogP contribution in [0.3, 0.4) is 0 Å². The lowest BCUT2D eigenvalue weighted by molar-refractivity contribution is 0.236. The van der Waals surface area contributed by atoms with Crippen LogP contribution in [0.1, 0.15) is 12.5 Å². The van der Waals surface area contributed by atoms with Crippen LogP contribution in [0.15, 0.2) is 36.9 Å². The molecule has 2 amide bonds. The van der Waals surface area contributed by atoms with Crippen molar-refractivity contribution < 1.29 is 14.3 Å². The van der Waals surface area contributed by atoms with Crippen molar-refractivity contribution in [1.82, 2.24) is 20.2 Å². The van der Waals surface area contributed by atoms with E-state index in [1.54, 1.807) is 26.7 Å². The molecule has 2 rings (SSSR count). The van der Waals surface area contributed by atoms with Gasteiger partial charge in [-0.25, -0.2) is 9.78 Å². The van der Waals surface area contributed by atoms with Crippen LogP contribution in [0, 0.1) is 0 Å². The molecule has 124 valence electrons. The first kappa shape index (κ1) is 16.7. The third-order valence-electron chi connectivity index (χ3n) is 3.32. The highest BCUT2D eigenvalue weighted by Crippen LogP contribution is 2.27. The molecule has 0 spiro atoms. The molecular weight excluding hydrogens is 296 g/mol. The number of carbonyl (C=O) groups is 1. The van der Waals surface area contributed by atoms with Crippen molar-refractivity contribution >= 4 is 6.03 Å². The predicted molar refractivity (Wildman–Crippen MR) is 86.6 cm³/mol. The molecule has 0 bridgehead atoms. The highest BCUT2D eigenvalue weighted by atomic mass is 16.5. The molecule has 0 saturated carbocycles. The Kier molecular flexibility index (Phi) is 5.85. The van der Waals surface area contributed by atoms with Crippen LogP contribution in [-0.2, 0) is 13.1 Å². The Balaban J connectivity index is 1.82. The lowest BCUT2D eigenvalue weighted by Crippen LogP contribution is -2.42. The number of benzene rings is 1. The molecule has 7 heteroatoms. The minimum atomic E-state index is -0.215. The molecule has 1 aromatic heterocycles. The molecule has 0 aliphatic heterocycles. The van der Waals surface area contributed by atoms with E-state index in [9.17, 15) is 4.79 Å². The van der Waals surface area contributed by atoms with E-state index in [0.29, 0.717) is 24.6 Å². The molecule has 2 N–H and O–H groups in total. The second-order valence-electron chi connectivity index (χ2n) is 5.18. The summed E-state index contributed by atoms with van der Waals surface area (Å²) in [6.07, 6.45) is 5.29. The second-order valence-corrected chi connectivity index (χ2v) is 5.18. The molecule has 0 unspecified atom stereocenters. The van der Waals surface area contributed by atoms with Gasteiger partial charge in [-0.05, 0) is 24.6 Å². The fraction of sp³-hybridized carbons (Fsp3) is 0.375. The van der Waals surface area contributed by atoms with E-state index in [2.05, 4.69) is 15.6 Å². The van der Waals surface area contributed by atoms with Crippen molar-refractivity contribution in [2.75, 3.05) is 14.2 Å². The van der Waals surface area contributed by atoms with Gasteiger partial charge in [0.2, 0.25) is 0 Å². The summed E-state index contributed by atoms with van der Waals surface area (Å²) in [4.78, 5) is 15.9. The number of amides is 2. The quantitative estimate of drug-likeness (QED) is 0.816. The number of aromatic nitrogens is 2. The van der Waals surface area contributed by atoms with Gasteiger partial charge in [0.15, 0.2) is 11.5 Å². The monoisotopic (exact) mass is 318 g/mol. The normalized spacial score (nSPS) is 11.6. The van der Waals surface area contributed by atoms with E-state index in [1.165, 1.54) is 0 Å². The smallest absolute Gasteiger partial charge is 0.315 e. The highest BCUT2D eigenvalue weighted by Gasteiger charge is 2.09. The van der Waals surface area contributed by atoms with Crippen LogP contribution in [0.2, 0.25) is 0 Å². The Labute approximate surface area is 135 Å². The van der Waals surface area contributed by atoms with Gasteiger partial charge in [0, 0.05) is 31.5 Å². The molecule has 2 aromatic rings. The molecule has 0 aliphatic rings. The number of hydrogen-bond donors (Lipinski definition) is 2. The first-order chi connectivity index (χ1) is 11.1. The van der Waals surface area contributed by atoms with Crippen LogP contribution in [0.25, 0.3) is 0 Å². The maximum Gasteiger partial charge on any atom is 0.315 e. The highest BCUT2D eigenvalue weighted by molar-refractivity contribution is 5.74. The van der Waals surface area contributed by atoms with Gasteiger partial charge in [-0.3, -0.25) is 0 Å². The largest absolute Gasteiger partial charge is 0.493 e. The fourth-order valence-electron chi connectivity index (χ4n) is 2.20. The Hall–Kier alpha value is -2.70. The molecule has 0 fully saturated rings. The van der Waals surface area contributed by atoms with Crippen LogP contribution in [-0.4, -0.2) is 35.8 Å². The molecule has 1 aromatic carbocycles. The third-order valence-corrected chi connectivity index (χ3v) is 3.32. The summed E-state index contributed by atoms with van der Waals surface area (Å²) in [7, 11) is 3.17. The molecule has 23 heavy (non-hydrogen) atoms. The summed E-state index contributed by atoms with van der Waals surface area (Å²) in [6, 6.07) is 5.32. The van der Waals surface area contributed by atoms with Gasteiger partial charge in [-0.1, -0.05) is 6.07 Å². The Morgan fingerprint density at radius 3 is 2.74 bits per heavy atom. The first-order valence-corrected chi connectivity index (χ1v) is 7.33. The summed E-state index contributed by atoms with van der Waals surface area (Å²) in [5.41, 5.74) is 0.931. The fourth-order valence-corrected chi connectivity index (χ4v) is 2.20. The van der Waals surface area contributed by atoms with Gasteiger partial charge in [0.05, 0.1) is 20.5 Å². The average molecular weight is 318 g/mol. The van der Waals surface area contributed by atoms with Crippen LogP contribution >= 0.6 is 0 Å². The zero-order valence-corrected chi connectivity index (χ0v) is 13.6. The first-order valence-electron chi connectivity index (χ1n) is 7.33. The van der Waals surface area contributed by atoms with Crippen molar-refractivity contribution in [2.45, 2.75) is 26.1 Å². The maximum absolute atomic E-state index is 11.9. The van der Waals surface area contributed by atoms with Crippen molar-refractivity contribution in [2.24, 2.45) is 0 Å². The Morgan fingerprint density at radius 1 is 1.30 bits per heavy atom. The number of ether oxygens (including phenoxy) is 2. The van der Waals surface area contributed by atoms with E-state index in [0.717, 1.165) is 5.56 Å². The number of urea groups is 1. The third kappa shape index (κ3) is 4.91. The Morgan fingerprint density at radius 2 is 2.09 bits per heavy atom. The van der Waals surface area contributed by atoms with Crippen LogP contribution < -0.4 is 20.1 Å². The van der Waals surface area contributed by atoms with E-state index in [-0.39, 0.29) is 12.1 Å². The van der Waals surface area contributed by atoms with Gasteiger partial charge in [-0.2, -0.15) is 0 Å². The number of imidazole rings is 1. The van der Waals surface area contributed by atoms with E-state index in [1.807, 2.05) is 35.9 Å². The van der Waals surface area contributed by atoms with E-state index in [4.69, 9.17) is 9.47 Å². The average Bonchev–Trinajstić information content (AvgIpc) is 3.05. The molecule has 0 aliphatic carbocycles. The number of rotatable bonds is 7. The van der Waals surface area contributed by atoms with E-state index < -0.39 is 0 Å². The molecule has 1 heterocycles. The molecule has 0 saturated heterocycles. The van der Waals surface area contributed by atoms with Crippen LogP contribution in [0.4, 0.5) is 4.79 Å². The van der Waals surface area contributed by atoms with Crippen LogP contribution in [0.5, 0.6) is 11.5 Å². The predicted octanol–water partition coefficient (Wildman–Crippen LogP) is 1.79. The molecular formula is C16H22N4O3. The summed E-state index contributed by atoms with van der Waals surface area (Å²) < 4.78 is 12.3. The van der Waals surface area contributed by atoms with Gasteiger partial charge in [0.25, 0.3) is 0 Å². The van der Waals surface area contributed by atoms with Crippen molar-refractivity contribution in [3.8, 4) is 11.5 Å². The summed E-state index contributed by atoms with van der Waals surface area (Å²) in [5.74, 6) is 1.30. The standard InChI is InChI=1S/C16H22N4O3/c1-12(10-20-7-6-17-11-20)19-16(21)18-9-13-4-5-14(22-2)15(8-13)23-3/h4-8,11-12H,9-10H2,1-3H3,(H2,18,19,21)/t12-/m1/s1. The number of carbonyl (C=O) groups excluding carboxylic acids is 1.